The molecular weight excluding hydrogens is 310 g/mol. The number of carbonyl (C=O) groups excluding carboxylic acids is 1. The van der Waals surface area contributed by atoms with Gasteiger partial charge in [0.25, 0.3) is 5.91 Å². The third kappa shape index (κ3) is 3.80. The number of phenolic OH excluding ortho intramolecular Hbond substituents is 1. The maximum atomic E-state index is 11.8. The fraction of sp³-hybridized carbons (Fsp3) is 0. The molecule has 0 unspecified atom stereocenters. The third-order valence-corrected chi connectivity index (χ3v) is 2.93. The monoisotopic (exact) mass is 319 g/mol. The summed E-state index contributed by atoms with van der Waals surface area (Å²) in [5, 5.41) is 24.2. The van der Waals surface area contributed by atoms with Crippen molar-refractivity contribution in [3.8, 4) is 5.75 Å². The maximum Gasteiger partial charge on any atom is 0.311 e. The molecule has 0 saturated heterocycles. The largest absolute Gasteiger partial charge is 0.502 e. The van der Waals surface area contributed by atoms with Crippen LogP contribution in [0, 0.1) is 10.1 Å². The molecule has 0 fully saturated rings. The van der Waals surface area contributed by atoms with Crippen LogP contribution in [0.3, 0.4) is 0 Å². The fourth-order valence-electron chi connectivity index (χ4n) is 1.60. The van der Waals surface area contributed by atoms with Crippen LogP contribution in [0.1, 0.15) is 15.9 Å². The first-order valence-electron chi connectivity index (χ1n) is 6.04. The maximum absolute atomic E-state index is 11.8. The number of phenols is 1. The molecule has 1 amide bonds. The highest BCUT2D eigenvalue weighted by molar-refractivity contribution is 6.30. The highest BCUT2D eigenvalue weighted by Gasteiger charge is 2.12. The quantitative estimate of drug-likeness (QED) is 0.513. The third-order valence-electron chi connectivity index (χ3n) is 2.68. The summed E-state index contributed by atoms with van der Waals surface area (Å²) in [6, 6.07) is 9.98. The van der Waals surface area contributed by atoms with Crippen LogP contribution >= 0.6 is 11.6 Å². The number of nitrogens with one attached hydrogen (secondary N) is 1. The minimum atomic E-state index is -0.709. The highest BCUT2D eigenvalue weighted by atomic mass is 35.5. The number of halogens is 1. The Morgan fingerprint density at radius 3 is 2.59 bits per heavy atom. The van der Waals surface area contributed by atoms with Crippen molar-refractivity contribution >= 4 is 29.4 Å². The number of hydrogen-bond donors (Lipinski definition) is 2. The summed E-state index contributed by atoms with van der Waals surface area (Å²) in [7, 11) is 0. The Hall–Kier alpha value is -2.93. The molecule has 112 valence electrons. The predicted molar refractivity (Wildman–Crippen MR) is 81.3 cm³/mol. The van der Waals surface area contributed by atoms with Gasteiger partial charge < -0.3 is 5.11 Å². The molecular formula is C14H10ClN3O4. The van der Waals surface area contributed by atoms with Crippen molar-refractivity contribution < 1.29 is 14.8 Å². The van der Waals surface area contributed by atoms with E-state index in [-0.39, 0.29) is 0 Å². The smallest absolute Gasteiger partial charge is 0.311 e. The summed E-state index contributed by atoms with van der Waals surface area (Å²) in [6.45, 7) is 0. The van der Waals surface area contributed by atoms with Crippen molar-refractivity contribution in [3.05, 3.63) is 68.7 Å². The molecule has 2 aromatic rings. The molecule has 0 saturated carbocycles. The topological polar surface area (TPSA) is 105 Å². The van der Waals surface area contributed by atoms with Gasteiger partial charge in [0.1, 0.15) is 0 Å². The number of carbonyl (C=O) groups is 1. The first-order chi connectivity index (χ1) is 10.5. The van der Waals surface area contributed by atoms with Gasteiger partial charge in [-0.25, -0.2) is 5.43 Å². The van der Waals surface area contributed by atoms with Crippen LogP contribution in [0.5, 0.6) is 5.75 Å². The van der Waals surface area contributed by atoms with E-state index in [0.29, 0.717) is 16.1 Å². The van der Waals surface area contributed by atoms with E-state index in [4.69, 9.17) is 11.6 Å². The summed E-state index contributed by atoms with van der Waals surface area (Å²) >= 11 is 5.72. The number of nitrogens with zero attached hydrogens (tertiary/aromatic N) is 2. The average Bonchev–Trinajstić information content (AvgIpc) is 2.49. The highest BCUT2D eigenvalue weighted by Crippen LogP contribution is 2.25. The first-order valence-corrected chi connectivity index (χ1v) is 6.41. The summed E-state index contributed by atoms with van der Waals surface area (Å²) in [5.41, 5.74) is 2.58. The van der Waals surface area contributed by atoms with Crippen molar-refractivity contribution in [3.63, 3.8) is 0 Å². The van der Waals surface area contributed by atoms with Crippen molar-refractivity contribution in [2.24, 2.45) is 5.10 Å². The normalized spacial score (nSPS) is 10.6. The molecule has 0 spiro atoms. The number of hydrazone groups is 1. The number of rotatable bonds is 4. The second-order valence-electron chi connectivity index (χ2n) is 4.21. The van der Waals surface area contributed by atoms with Gasteiger partial charge in [-0.1, -0.05) is 11.6 Å². The lowest BCUT2D eigenvalue weighted by Crippen LogP contribution is -2.17. The van der Waals surface area contributed by atoms with Gasteiger partial charge in [-0.3, -0.25) is 14.9 Å². The molecule has 0 aliphatic carbocycles. The van der Waals surface area contributed by atoms with Crippen molar-refractivity contribution in [1.82, 2.24) is 5.43 Å². The Bertz CT molecular complexity index is 744. The Morgan fingerprint density at radius 1 is 1.27 bits per heavy atom. The summed E-state index contributed by atoms with van der Waals surface area (Å²) in [6.07, 6.45) is 1.24. The van der Waals surface area contributed by atoms with E-state index in [9.17, 15) is 20.0 Å². The van der Waals surface area contributed by atoms with Gasteiger partial charge >= 0.3 is 5.69 Å². The van der Waals surface area contributed by atoms with Crippen LogP contribution < -0.4 is 5.43 Å². The molecule has 7 nitrogen and oxygen atoms in total. The molecule has 0 heterocycles. The van der Waals surface area contributed by atoms with Gasteiger partial charge in [-0.15, -0.1) is 0 Å². The van der Waals surface area contributed by atoms with Crippen LogP contribution in [-0.4, -0.2) is 22.2 Å². The van der Waals surface area contributed by atoms with Gasteiger partial charge in [0.15, 0.2) is 5.75 Å². The van der Waals surface area contributed by atoms with E-state index < -0.39 is 22.3 Å². The molecule has 0 bridgehead atoms. The van der Waals surface area contributed by atoms with Gasteiger partial charge in [-0.05, 0) is 36.4 Å². The molecule has 22 heavy (non-hydrogen) atoms. The lowest BCUT2D eigenvalue weighted by atomic mass is 10.2. The van der Waals surface area contributed by atoms with E-state index in [1.54, 1.807) is 24.3 Å². The van der Waals surface area contributed by atoms with Gasteiger partial charge in [-0.2, -0.15) is 5.10 Å². The lowest BCUT2D eigenvalue weighted by molar-refractivity contribution is -0.385. The Balaban J connectivity index is 2.06. The number of aromatic hydroxyl groups is 1. The van der Waals surface area contributed by atoms with Crippen LogP contribution in [-0.2, 0) is 0 Å². The number of amides is 1. The minimum absolute atomic E-state index is 0.362. The minimum Gasteiger partial charge on any atom is -0.502 e. The second-order valence-corrected chi connectivity index (χ2v) is 4.65. The Kier molecular flexibility index (Phi) is 4.70. The van der Waals surface area contributed by atoms with Crippen molar-refractivity contribution in [1.29, 1.82) is 0 Å². The molecule has 0 radical (unpaired) electrons. The molecule has 8 heteroatoms. The molecule has 2 rings (SSSR count). The van der Waals surface area contributed by atoms with E-state index in [1.165, 1.54) is 18.3 Å². The van der Waals surface area contributed by atoms with E-state index >= 15 is 0 Å². The lowest BCUT2D eigenvalue weighted by Gasteiger charge is -2.00. The zero-order valence-electron chi connectivity index (χ0n) is 11.1. The zero-order valence-corrected chi connectivity index (χ0v) is 11.8. The van der Waals surface area contributed by atoms with Crippen molar-refractivity contribution in [2.45, 2.75) is 0 Å². The molecule has 0 aliphatic rings. The zero-order chi connectivity index (χ0) is 16.1. The van der Waals surface area contributed by atoms with E-state index in [2.05, 4.69) is 10.5 Å². The molecule has 2 aromatic carbocycles. The van der Waals surface area contributed by atoms with Crippen LogP contribution in [0.15, 0.2) is 47.6 Å². The van der Waals surface area contributed by atoms with E-state index in [1.807, 2.05) is 0 Å². The summed E-state index contributed by atoms with van der Waals surface area (Å²) in [5.74, 6) is -0.881. The number of benzene rings is 2. The predicted octanol–water partition coefficient (Wildman–Crippen LogP) is 2.72. The standard InChI is InChI=1S/C14H10ClN3O4/c15-11-4-2-10(3-5-11)14(20)17-16-8-9-1-6-13(19)12(7-9)18(21)22/h1-8,19H,(H,17,20)/b16-8-. The summed E-state index contributed by atoms with van der Waals surface area (Å²) in [4.78, 5) is 21.7. The van der Waals surface area contributed by atoms with Gasteiger partial charge in [0, 0.05) is 22.2 Å². The summed E-state index contributed by atoms with van der Waals surface area (Å²) < 4.78 is 0. The number of hydrogen-bond acceptors (Lipinski definition) is 5. The Morgan fingerprint density at radius 2 is 1.95 bits per heavy atom. The molecule has 0 aromatic heterocycles. The van der Waals surface area contributed by atoms with Gasteiger partial charge in [0.05, 0.1) is 11.1 Å². The number of nitro groups is 1. The van der Waals surface area contributed by atoms with Crippen LogP contribution in [0.25, 0.3) is 0 Å². The van der Waals surface area contributed by atoms with E-state index in [0.717, 1.165) is 6.07 Å². The van der Waals surface area contributed by atoms with Crippen LogP contribution in [0.2, 0.25) is 5.02 Å². The average molecular weight is 320 g/mol. The molecule has 0 aliphatic heterocycles. The molecule has 2 N–H and O–H groups in total. The van der Waals surface area contributed by atoms with Gasteiger partial charge in [0.2, 0.25) is 0 Å². The fourth-order valence-corrected chi connectivity index (χ4v) is 1.72. The van der Waals surface area contributed by atoms with Crippen LogP contribution in [0.4, 0.5) is 5.69 Å². The SMILES string of the molecule is O=C(N/N=C\c1ccc(O)c([N+](=O)[O-])c1)c1ccc(Cl)cc1. The number of nitro benzene ring substituents is 1. The first kappa shape index (κ1) is 15.5. The molecule has 0 atom stereocenters. The Labute approximate surface area is 130 Å². The second kappa shape index (κ2) is 6.68. The van der Waals surface area contributed by atoms with Crippen molar-refractivity contribution in [2.75, 3.05) is 0 Å².